The Morgan fingerprint density at radius 3 is 2.38 bits per heavy atom. The van der Waals surface area contributed by atoms with E-state index in [9.17, 15) is 9.59 Å². The third-order valence-corrected chi connectivity index (χ3v) is 3.64. The molecule has 2 rings (SSSR count). The van der Waals surface area contributed by atoms with Gasteiger partial charge < -0.3 is 15.2 Å². The lowest BCUT2D eigenvalue weighted by atomic mass is 9.85. The number of carbonyl (C=O) groups excluding carboxylic acids is 1. The molecule has 0 aliphatic carbocycles. The molecule has 0 heterocycles. The van der Waals surface area contributed by atoms with E-state index in [-0.39, 0.29) is 18.7 Å². The highest BCUT2D eigenvalue weighted by Gasteiger charge is 2.25. The third kappa shape index (κ3) is 5.64. The van der Waals surface area contributed by atoms with Crippen LogP contribution in [0, 0.1) is 16.7 Å². The first kappa shape index (κ1) is 19.0. The van der Waals surface area contributed by atoms with Crippen molar-refractivity contribution in [1.82, 2.24) is 0 Å². The Bertz CT molecular complexity index is 836. The van der Waals surface area contributed by atoms with Gasteiger partial charge in [-0.3, -0.25) is 9.59 Å². The highest BCUT2D eigenvalue weighted by Crippen LogP contribution is 2.27. The number of amides is 1. The van der Waals surface area contributed by atoms with E-state index in [0.717, 1.165) is 0 Å². The summed E-state index contributed by atoms with van der Waals surface area (Å²) < 4.78 is 5.68. The van der Waals surface area contributed by atoms with Gasteiger partial charge in [-0.1, -0.05) is 26.0 Å². The average molecular weight is 352 g/mol. The van der Waals surface area contributed by atoms with E-state index in [4.69, 9.17) is 15.1 Å². The molecule has 134 valence electrons. The topological polar surface area (TPSA) is 99.4 Å². The van der Waals surface area contributed by atoms with Crippen molar-refractivity contribution < 1.29 is 19.4 Å². The van der Waals surface area contributed by atoms with Gasteiger partial charge in [-0.15, -0.1) is 0 Å². The summed E-state index contributed by atoms with van der Waals surface area (Å²) in [4.78, 5) is 22.9. The molecule has 0 saturated carbocycles. The number of ether oxygens (including phenoxy) is 1. The van der Waals surface area contributed by atoms with Crippen LogP contribution >= 0.6 is 0 Å². The summed E-state index contributed by atoms with van der Waals surface area (Å²) in [5, 5.41) is 20.7. The van der Waals surface area contributed by atoms with E-state index in [1.165, 1.54) is 0 Å². The number of nitrogens with one attached hydrogen (secondary N) is 1. The van der Waals surface area contributed by atoms with Crippen molar-refractivity contribution in [3.8, 4) is 17.6 Å². The molecular weight excluding hydrogens is 332 g/mol. The number of carbonyl (C=O) groups is 2. The first-order valence-corrected chi connectivity index (χ1v) is 8.08. The predicted octanol–water partition coefficient (Wildman–Crippen LogP) is 4.18. The minimum atomic E-state index is -0.929. The quantitative estimate of drug-likeness (QED) is 0.779. The van der Waals surface area contributed by atoms with Crippen LogP contribution in [0.3, 0.4) is 0 Å². The standard InChI is InChI=1S/C20H20N2O4/c1-20(2,12-19(24)25)11-18(23)22-15-7-9-16(10-8-15)26-17-6-4-3-5-14(17)13-21/h3-10H,11-12H2,1-2H3,(H,22,23)(H,24,25). The molecule has 0 fully saturated rings. The van der Waals surface area contributed by atoms with Gasteiger partial charge in [-0.2, -0.15) is 5.26 Å². The summed E-state index contributed by atoms with van der Waals surface area (Å²) in [5.41, 5.74) is 0.396. The molecule has 0 bridgehead atoms. The first-order chi connectivity index (χ1) is 12.3. The fourth-order valence-electron chi connectivity index (χ4n) is 2.49. The molecule has 0 atom stereocenters. The minimum Gasteiger partial charge on any atom is -0.481 e. The van der Waals surface area contributed by atoms with Crippen LogP contribution in [0.25, 0.3) is 0 Å². The van der Waals surface area contributed by atoms with Gasteiger partial charge in [-0.05, 0) is 41.8 Å². The summed E-state index contributed by atoms with van der Waals surface area (Å²) in [6, 6.07) is 15.7. The number of hydrogen-bond acceptors (Lipinski definition) is 4. The lowest BCUT2D eigenvalue weighted by Gasteiger charge is -2.21. The van der Waals surface area contributed by atoms with Gasteiger partial charge in [0.2, 0.25) is 5.91 Å². The van der Waals surface area contributed by atoms with Gasteiger partial charge in [0.25, 0.3) is 0 Å². The molecule has 26 heavy (non-hydrogen) atoms. The predicted molar refractivity (Wildman–Crippen MR) is 97.0 cm³/mol. The fraction of sp³-hybridized carbons (Fsp3) is 0.250. The maximum atomic E-state index is 12.1. The Labute approximate surface area is 152 Å². The second kappa shape index (κ2) is 8.17. The Morgan fingerprint density at radius 1 is 1.12 bits per heavy atom. The van der Waals surface area contributed by atoms with E-state index in [0.29, 0.717) is 22.7 Å². The maximum absolute atomic E-state index is 12.1. The molecule has 0 aromatic heterocycles. The highest BCUT2D eigenvalue weighted by molar-refractivity contribution is 5.91. The molecule has 2 N–H and O–H groups in total. The lowest BCUT2D eigenvalue weighted by Crippen LogP contribution is -2.24. The number of aliphatic carboxylic acids is 1. The number of para-hydroxylation sites is 1. The molecule has 1 amide bonds. The van der Waals surface area contributed by atoms with Crippen molar-refractivity contribution in [2.24, 2.45) is 5.41 Å². The molecule has 0 radical (unpaired) electrons. The van der Waals surface area contributed by atoms with Crippen molar-refractivity contribution >= 4 is 17.6 Å². The van der Waals surface area contributed by atoms with Gasteiger partial charge in [-0.25, -0.2) is 0 Å². The number of rotatable bonds is 7. The SMILES string of the molecule is CC(C)(CC(=O)O)CC(=O)Nc1ccc(Oc2ccccc2C#N)cc1. The Kier molecular flexibility index (Phi) is 5.97. The average Bonchev–Trinajstić information content (AvgIpc) is 2.55. The Hall–Kier alpha value is -3.33. The summed E-state index contributed by atoms with van der Waals surface area (Å²) in [5.74, 6) is -0.180. The van der Waals surface area contributed by atoms with E-state index >= 15 is 0 Å². The van der Waals surface area contributed by atoms with Gasteiger partial charge in [0.15, 0.2) is 0 Å². The van der Waals surface area contributed by atoms with Crippen LogP contribution in [-0.2, 0) is 9.59 Å². The normalized spacial score (nSPS) is 10.7. The smallest absolute Gasteiger partial charge is 0.303 e. The molecule has 0 spiro atoms. The summed E-state index contributed by atoms with van der Waals surface area (Å²) in [6.45, 7) is 3.48. The van der Waals surface area contributed by atoms with Gasteiger partial charge in [0.05, 0.1) is 12.0 Å². The first-order valence-electron chi connectivity index (χ1n) is 8.08. The summed E-state index contributed by atoms with van der Waals surface area (Å²) in [6.07, 6.45) is 0.0264. The van der Waals surface area contributed by atoms with Crippen LogP contribution in [0.1, 0.15) is 32.3 Å². The number of carboxylic acid groups (broad SMARTS) is 1. The number of carboxylic acids is 1. The molecule has 2 aromatic carbocycles. The molecule has 6 heteroatoms. The molecule has 0 aliphatic heterocycles. The van der Waals surface area contributed by atoms with Crippen molar-refractivity contribution in [1.29, 1.82) is 5.26 Å². The van der Waals surface area contributed by atoms with E-state index in [1.54, 1.807) is 62.4 Å². The van der Waals surface area contributed by atoms with Gasteiger partial charge >= 0.3 is 5.97 Å². The molecule has 0 unspecified atom stereocenters. The zero-order valence-corrected chi connectivity index (χ0v) is 14.7. The highest BCUT2D eigenvalue weighted by atomic mass is 16.5. The molecule has 0 saturated heterocycles. The van der Waals surface area contributed by atoms with Crippen molar-refractivity contribution in [2.45, 2.75) is 26.7 Å². The Morgan fingerprint density at radius 2 is 1.77 bits per heavy atom. The number of hydrogen-bond donors (Lipinski definition) is 2. The number of nitrogens with zero attached hydrogens (tertiary/aromatic N) is 1. The second-order valence-electron chi connectivity index (χ2n) is 6.69. The van der Waals surface area contributed by atoms with E-state index in [2.05, 4.69) is 11.4 Å². The van der Waals surface area contributed by atoms with Crippen molar-refractivity contribution in [3.05, 3.63) is 54.1 Å². The zero-order valence-electron chi connectivity index (χ0n) is 14.7. The third-order valence-electron chi connectivity index (χ3n) is 3.64. The van der Waals surface area contributed by atoms with Gasteiger partial charge in [0, 0.05) is 12.1 Å². The van der Waals surface area contributed by atoms with E-state index < -0.39 is 11.4 Å². The molecule has 6 nitrogen and oxygen atoms in total. The lowest BCUT2D eigenvalue weighted by molar-refractivity contribution is -0.139. The van der Waals surface area contributed by atoms with Gasteiger partial charge in [0.1, 0.15) is 17.6 Å². The monoisotopic (exact) mass is 352 g/mol. The van der Waals surface area contributed by atoms with Crippen LogP contribution < -0.4 is 10.1 Å². The van der Waals surface area contributed by atoms with Crippen molar-refractivity contribution in [3.63, 3.8) is 0 Å². The van der Waals surface area contributed by atoms with Crippen LogP contribution in [0.5, 0.6) is 11.5 Å². The summed E-state index contributed by atoms with van der Waals surface area (Å²) in [7, 11) is 0. The van der Waals surface area contributed by atoms with Crippen molar-refractivity contribution in [2.75, 3.05) is 5.32 Å². The Balaban J connectivity index is 1.98. The maximum Gasteiger partial charge on any atom is 0.303 e. The van der Waals surface area contributed by atoms with Crippen LogP contribution in [0.15, 0.2) is 48.5 Å². The van der Waals surface area contributed by atoms with Crippen LogP contribution in [-0.4, -0.2) is 17.0 Å². The molecule has 0 aliphatic rings. The fourth-order valence-corrected chi connectivity index (χ4v) is 2.49. The minimum absolute atomic E-state index is 0.0779. The molecule has 2 aromatic rings. The van der Waals surface area contributed by atoms with Crippen LogP contribution in [0.2, 0.25) is 0 Å². The zero-order chi connectivity index (χ0) is 19.2. The van der Waals surface area contributed by atoms with Crippen LogP contribution in [0.4, 0.5) is 5.69 Å². The molecular formula is C20H20N2O4. The summed E-state index contributed by atoms with van der Waals surface area (Å²) >= 11 is 0. The number of anilines is 1. The number of nitriles is 1. The second-order valence-corrected chi connectivity index (χ2v) is 6.69. The largest absolute Gasteiger partial charge is 0.481 e. The number of benzene rings is 2. The van der Waals surface area contributed by atoms with E-state index in [1.807, 2.05) is 0 Å².